The SMILES string of the molecule is CCCC(C)(C)NC(=O)C1CCCCC1C(=O)O. The van der Waals surface area contributed by atoms with E-state index in [4.69, 9.17) is 0 Å². The van der Waals surface area contributed by atoms with Gasteiger partial charge in [-0.2, -0.15) is 0 Å². The second-order valence-electron chi connectivity index (χ2n) is 5.96. The zero-order chi connectivity index (χ0) is 13.8. The van der Waals surface area contributed by atoms with Gasteiger partial charge in [-0.25, -0.2) is 0 Å². The van der Waals surface area contributed by atoms with Crippen LogP contribution in [0, 0.1) is 11.8 Å². The fourth-order valence-corrected chi connectivity index (χ4v) is 2.85. The molecule has 0 aromatic heterocycles. The predicted molar refractivity (Wildman–Crippen MR) is 70.2 cm³/mol. The Labute approximate surface area is 109 Å². The summed E-state index contributed by atoms with van der Waals surface area (Å²) in [5.41, 5.74) is -0.244. The number of carboxylic acid groups (broad SMARTS) is 1. The molecular weight excluding hydrogens is 230 g/mol. The highest BCUT2D eigenvalue weighted by atomic mass is 16.4. The van der Waals surface area contributed by atoms with E-state index < -0.39 is 11.9 Å². The Bertz CT molecular complexity index is 312. The third-order valence-corrected chi connectivity index (χ3v) is 3.76. The summed E-state index contributed by atoms with van der Waals surface area (Å²) in [5.74, 6) is -1.77. The van der Waals surface area contributed by atoms with Gasteiger partial charge in [-0.15, -0.1) is 0 Å². The van der Waals surface area contributed by atoms with E-state index in [9.17, 15) is 14.7 Å². The van der Waals surface area contributed by atoms with Crippen molar-refractivity contribution in [2.24, 2.45) is 11.8 Å². The van der Waals surface area contributed by atoms with Crippen LogP contribution in [-0.4, -0.2) is 22.5 Å². The van der Waals surface area contributed by atoms with E-state index in [1.807, 2.05) is 13.8 Å². The normalized spacial score (nSPS) is 24.6. The van der Waals surface area contributed by atoms with Crippen LogP contribution >= 0.6 is 0 Å². The van der Waals surface area contributed by atoms with Crippen LogP contribution in [0.1, 0.15) is 59.3 Å². The van der Waals surface area contributed by atoms with Gasteiger partial charge in [-0.05, 0) is 33.1 Å². The summed E-state index contributed by atoms with van der Waals surface area (Å²) in [5, 5.41) is 12.2. The number of carbonyl (C=O) groups excluding carboxylic acids is 1. The molecule has 0 heterocycles. The van der Waals surface area contributed by atoms with Crippen LogP contribution in [0.2, 0.25) is 0 Å². The van der Waals surface area contributed by atoms with Crippen molar-refractivity contribution in [3.05, 3.63) is 0 Å². The van der Waals surface area contributed by atoms with Crippen LogP contribution in [0.15, 0.2) is 0 Å². The first kappa shape index (κ1) is 15.0. The number of rotatable bonds is 5. The molecule has 2 unspecified atom stereocenters. The molecule has 1 rings (SSSR count). The number of hydrogen-bond donors (Lipinski definition) is 2. The highest BCUT2D eigenvalue weighted by Gasteiger charge is 2.37. The topological polar surface area (TPSA) is 66.4 Å². The predicted octanol–water partition coefficient (Wildman–Crippen LogP) is 2.57. The smallest absolute Gasteiger partial charge is 0.307 e. The zero-order valence-electron chi connectivity index (χ0n) is 11.7. The molecule has 0 aromatic rings. The first-order chi connectivity index (χ1) is 8.37. The number of nitrogens with one attached hydrogen (secondary N) is 1. The molecule has 2 N–H and O–H groups in total. The fraction of sp³-hybridized carbons (Fsp3) is 0.857. The molecule has 1 amide bonds. The number of carboxylic acids is 1. The van der Waals surface area contributed by atoms with Crippen molar-refractivity contribution in [2.45, 2.75) is 64.8 Å². The number of aliphatic carboxylic acids is 1. The molecule has 1 aliphatic rings. The summed E-state index contributed by atoms with van der Waals surface area (Å²) >= 11 is 0. The molecule has 4 nitrogen and oxygen atoms in total. The Morgan fingerprint density at radius 1 is 1.22 bits per heavy atom. The van der Waals surface area contributed by atoms with Crippen LogP contribution in [0.25, 0.3) is 0 Å². The van der Waals surface area contributed by atoms with Crippen molar-refractivity contribution >= 4 is 11.9 Å². The molecular formula is C14H25NO3. The monoisotopic (exact) mass is 255 g/mol. The van der Waals surface area contributed by atoms with Gasteiger partial charge in [0.15, 0.2) is 0 Å². The zero-order valence-corrected chi connectivity index (χ0v) is 11.7. The van der Waals surface area contributed by atoms with Gasteiger partial charge < -0.3 is 10.4 Å². The van der Waals surface area contributed by atoms with E-state index >= 15 is 0 Å². The van der Waals surface area contributed by atoms with Crippen LogP contribution in [0.4, 0.5) is 0 Å². The van der Waals surface area contributed by atoms with Crippen LogP contribution in [0.5, 0.6) is 0 Å². The second kappa shape index (κ2) is 6.21. The molecule has 0 bridgehead atoms. The van der Waals surface area contributed by atoms with E-state index in [0.29, 0.717) is 12.8 Å². The Balaban J connectivity index is 2.66. The number of carbonyl (C=O) groups is 2. The molecule has 104 valence electrons. The van der Waals surface area contributed by atoms with Crippen LogP contribution in [-0.2, 0) is 9.59 Å². The van der Waals surface area contributed by atoms with E-state index in [2.05, 4.69) is 12.2 Å². The molecule has 2 atom stereocenters. The van der Waals surface area contributed by atoms with Gasteiger partial charge in [-0.1, -0.05) is 26.2 Å². The second-order valence-corrected chi connectivity index (χ2v) is 5.96. The molecule has 18 heavy (non-hydrogen) atoms. The Morgan fingerprint density at radius 2 is 1.78 bits per heavy atom. The number of hydrogen-bond acceptors (Lipinski definition) is 2. The van der Waals surface area contributed by atoms with E-state index in [1.165, 1.54) is 0 Å². The van der Waals surface area contributed by atoms with Crippen molar-refractivity contribution in [1.82, 2.24) is 5.32 Å². The molecule has 0 aliphatic heterocycles. The first-order valence-electron chi connectivity index (χ1n) is 6.92. The molecule has 0 radical (unpaired) electrons. The van der Waals surface area contributed by atoms with Crippen LogP contribution in [0.3, 0.4) is 0 Å². The minimum absolute atomic E-state index is 0.0828. The lowest BCUT2D eigenvalue weighted by atomic mass is 9.78. The van der Waals surface area contributed by atoms with Crippen molar-refractivity contribution in [1.29, 1.82) is 0 Å². The summed E-state index contributed by atoms with van der Waals surface area (Å²) in [6, 6.07) is 0. The maximum atomic E-state index is 12.2. The molecule has 0 aromatic carbocycles. The van der Waals surface area contributed by atoms with Crippen LogP contribution < -0.4 is 5.32 Å². The van der Waals surface area contributed by atoms with Crippen molar-refractivity contribution in [3.8, 4) is 0 Å². The van der Waals surface area contributed by atoms with E-state index in [1.54, 1.807) is 0 Å². The average Bonchev–Trinajstić information content (AvgIpc) is 2.28. The third-order valence-electron chi connectivity index (χ3n) is 3.76. The fourth-order valence-electron chi connectivity index (χ4n) is 2.85. The average molecular weight is 255 g/mol. The third kappa shape index (κ3) is 4.00. The molecule has 0 saturated heterocycles. The lowest BCUT2D eigenvalue weighted by Crippen LogP contribution is -2.49. The Morgan fingerprint density at radius 3 is 2.28 bits per heavy atom. The minimum atomic E-state index is -0.830. The molecule has 1 saturated carbocycles. The lowest BCUT2D eigenvalue weighted by molar-refractivity contribution is -0.149. The van der Waals surface area contributed by atoms with Gasteiger partial charge in [0.25, 0.3) is 0 Å². The molecule has 1 aliphatic carbocycles. The summed E-state index contributed by atoms with van der Waals surface area (Å²) in [7, 11) is 0. The van der Waals surface area contributed by atoms with Gasteiger partial charge in [-0.3, -0.25) is 9.59 Å². The Kier molecular flexibility index (Phi) is 5.17. The lowest BCUT2D eigenvalue weighted by Gasteiger charge is -2.32. The minimum Gasteiger partial charge on any atom is -0.481 e. The highest BCUT2D eigenvalue weighted by molar-refractivity contribution is 5.85. The van der Waals surface area contributed by atoms with Gasteiger partial charge in [0.2, 0.25) is 5.91 Å². The van der Waals surface area contributed by atoms with Crippen molar-refractivity contribution < 1.29 is 14.7 Å². The highest BCUT2D eigenvalue weighted by Crippen LogP contribution is 2.31. The first-order valence-corrected chi connectivity index (χ1v) is 6.92. The molecule has 4 heteroatoms. The summed E-state index contributed by atoms with van der Waals surface area (Å²) < 4.78 is 0. The maximum absolute atomic E-state index is 12.2. The molecule has 0 spiro atoms. The standard InChI is InChI=1S/C14H25NO3/c1-4-9-14(2,3)15-12(16)10-7-5-6-8-11(10)13(17)18/h10-11H,4-9H2,1-3H3,(H,15,16)(H,17,18). The van der Waals surface area contributed by atoms with E-state index in [0.717, 1.165) is 25.7 Å². The number of amides is 1. The summed E-state index contributed by atoms with van der Waals surface area (Å²) in [6.45, 7) is 6.06. The summed E-state index contributed by atoms with van der Waals surface area (Å²) in [6.07, 6.45) is 5.10. The van der Waals surface area contributed by atoms with Gasteiger partial charge >= 0.3 is 5.97 Å². The Hall–Kier alpha value is -1.06. The van der Waals surface area contributed by atoms with Gasteiger partial charge in [0.05, 0.1) is 11.8 Å². The van der Waals surface area contributed by atoms with Gasteiger partial charge in [0.1, 0.15) is 0 Å². The maximum Gasteiger partial charge on any atom is 0.307 e. The van der Waals surface area contributed by atoms with Crippen molar-refractivity contribution in [2.75, 3.05) is 0 Å². The molecule has 1 fully saturated rings. The largest absolute Gasteiger partial charge is 0.481 e. The van der Waals surface area contributed by atoms with Crippen molar-refractivity contribution in [3.63, 3.8) is 0 Å². The summed E-state index contributed by atoms with van der Waals surface area (Å²) in [4.78, 5) is 23.4. The van der Waals surface area contributed by atoms with Gasteiger partial charge in [0, 0.05) is 5.54 Å². The van der Waals surface area contributed by atoms with E-state index in [-0.39, 0.29) is 17.4 Å². The quantitative estimate of drug-likeness (QED) is 0.793.